The van der Waals surface area contributed by atoms with E-state index in [1.54, 1.807) is 0 Å². The van der Waals surface area contributed by atoms with E-state index < -0.39 is 0 Å². The maximum atomic E-state index is 12.0. The van der Waals surface area contributed by atoms with Gasteiger partial charge < -0.3 is 10.3 Å². The van der Waals surface area contributed by atoms with Gasteiger partial charge in [-0.1, -0.05) is 54.6 Å². The topological polar surface area (TPSA) is 48.0 Å². The molecule has 0 bridgehead atoms. The Balaban J connectivity index is 2.16. The number of nitrogens with two attached hydrogens (primary N) is 1. The van der Waals surface area contributed by atoms with Crippen molar-refractivity contribution in [3.05, 3.63) is 83.4 Å². The number of amides is 1. The number of primary amides is 1. The standard InChI is InChI=1S/C22H20N2O/c1-14-12-13-18(22(23)25)20-17-10-6-7-11-19(17)24(21(14)20)15(2)16-8-4-3-5-9-16/h3-13,15H,1-2H3,(H2,23,25). The quantitative estimate of drug-likeness (QED) is 0.576. The van der Waals surface area contributed by atoms with Gasteiger partial charge in [-0.05, 0) is 37.1 Å². The van der Waals surface area contributed by atoms with Crippen molar-refractivity contribution in [2.45, 2.75) is 19.9 Å². The Hall–Kier alpha value is -3.07. The number of carbonyl (C=O) groups is 1. The number of hydrogen-bond donors (Lipinski definition) is 1. The number of hydrogen-bond acceptors (Lipinski definition) is 1. The van der Waals surface area contributed by atoms with Gasteiger partial charge in [0, 0.05) is 21.9 Å². The number of aromatic nitrogens is 1. The fraction of sp³-hybridized carbons (Fsp3) is 0.136. The first-order valence-electron chi connectivity index (χ1n) is 8.46. The summed E-state index contributed by atoms with van der Waals surface area (Å²) in [6.07, 6.45) is 0. The lowest BCUT2D eigenvalue weighted by Gasteiger charge is -2.18. The lowest BCUT2D eigenvalue weighted by atomic mass is 10.0. The molecule has 0 spiro atoms. The van der Waals surface area contributed by atoms with Crippen LogP contribution < -0.4 is 5.73 Å². The zero-order valence-electron chi connectivity index (χ0n) is 14.4. The summed E-state index contributed by atoms with van der Waals surface area (Å²) in [6.45, 7) is 4.28. The molecule has 2 N–H and O–H groups in total. The highest BCUT2D eigenvalue weighted by Crippen LogP contribution is 2.37. The molecule has 0 aliphatic heterocycles. The molecule has 0 fully saturated rings. The fourth-order valence-electron chi connectivity index (χ4n) is 3.78. The van der Waals surface area contributed by atoms with Gasteiger partial charge >= 0.3 is 0 Å². The third-order valence-corrected chi connectivity index (χ3v) is 4.99. The van der Waals surface area contributed by atoms with Crippen molar-refractivity contribution in [2.75, 3.05) is 0 Å². The van der Waals surface area contributed by atoms with Gasteiger partial charge in [0.05, 0.1) is 11.6 Å². The van der Waals surface area contributed by atoms with Crippen LogP contribution in [0.15, 0.2) is 66.7 Å². The highest BCUT2D eigenvalue weighted by Gasteiger charge is 2.21. The van der Waals surface area contributed by atoms with Crippen molar-refractivity contribution in [3.8, 4) is 0 Å². The average Bonchev–Trinajstić information content (AvgIpc) is 2.98. The summed E-state index contributed by atoms with van der Waals surface area (Å²) in [7, 11) is 0. The van der Waals surface area contributed by atoms with E-state index in [9.17, 15) is 4.79 Å². The summed E-state index contributed by atoms with van der Waals surface area (Å²) in [6, 6.07) is 22.6. The Morgan fingerprint density at radius 2 is 1.64 bits per heavy atom. The minimum absolute atomic E-state index is 0.144. The van der Waals surface area contributed by atoms with Crippen LogP contribution in [0.4, 0.5) is 0 Å². The molecular weight excluding hydrogens is 308 g/mol. The average molecular weight is 328 g/mol. The van der Waals surface area contributed by atoms with Gasteiger partial charge in [-0.2, -0.15) is 0 Å². The monoisotopic (exact) mass is 328 g/mol. The van der Waals surface area contributed by atoms with Crippen LogP contribution in [-0.2, 0) is 0 Å². The molecule has 1 heterocycles. The highest BCUT2D eigenvalue weighted by atomic mass is 16.1. The Morgan fingerprint density at radius 3 is 2.36 bits per heavy atom. The molecule has 124 valence electrons. The molecule has 0 aliphatic rings. The zero-order chi connectivity index (χ0) is 17.6. The molecule has 1 aromatic heterocycles. The minimum Gasteiger partial charge on any atom is -0.366 e. The Bertz CT molecular complexity index is 1090. The van der Waals surface area contributed by atoms with E-state index >= 15 is 0 Å². The molecule has 1 unspecified atom stereocenters. The van der Waals surface area contributed by atoms with E-state index in [2.05, 4.69) is 54.8 Å². The van der Waals surface area contributed by atoms with Gasteiger partial charge in [0.2, 0.25) is 5.91 Å². The normalized spacial score (nSPS) is 12.6. The number of carbonyl (C=O) groups excluding carboxylic acids is 1. The van der Waals surface area contributed by atoms with Crippen molar-refractivity contribution >= 4 is 27.7 Å². The van der Waals surface area contributed by atoms with Gasteiger partial charge in [-0.3, -0.25) is 4.79 Å². The van der Waals surface area contributed by atoms with Crippen LogP contribution in [0.2, 0.25) is 0 Å². The maximum absolute atomic E-state index is 12.0. The molecule has 4 aromatic rings. The number of nitrogens with zero attached hydrogens (tertiary/aromatic N) is 1. The largest absolute Gasteiger partial charge is 0.366 e. The van der Waals surface area contributed by atoms with Crippen molar-refractivity contribution in [3.63, 3.8) is 0 Å². The van der Waals surface area contributed by atoms with Crippen LogP contribution in [0.3, 0.4) is 0 Å². The smallest absolute Gasteiger partial charge is 0.249 e. The van der Waals surface area contributed by atoms with Crippen molar-refractivity contribution in [2.24, 2.45) is 5.73 Å². The van der Waals surface area contributed by atoms with Gasteiger partial charge in [0.1, 0.15) is 0 Å². The van der Waals surface area contributed by atoms with Crippen molar-refractivity contribution in [1.29, 1.82) is 0 Å². The van der Waals surface area contributed by atoms with Gasteiger partial charge in [-0.15, -0.1) is 0 Å². The summed E-state index contributed by atoms with van der Waals surface area (Å²) < 4.78 is 2.32. The van der Waals surface area contributed by atoms with E-state index in [0.717, 1.165) is 27.4 Å². The molecule has 25 heavy (non-hydrogen) atoms. The molecule has 1 amide bonds. The fourth-order valence-corrected chi connectivity index (χ4v) is 3.78. The number of benzene rings is 3. The zero-order valence-corrected chi connectivity index (χ0v) is 14.4. The number of fused-ring (bicyclic) bond motifs is 3. The van der Waals surface area contributed by atoms with Crippen LogP contribution in [0.1, 0.15) is 34.5 Å². The summed E-state index contributed by atoms with van der Waals surface area (Å²) in [4.78, 5) is 12.0. The van der Waals surface area contributed by atoms with E-state index in [0.29, 0.717) is 5.56 Å². The lowest BCUT2D eigenvalue weighted by Crippen LogP contribution is -2.12. The van der Waals surface area contributed by atoms with Crippen LogP contribution in [-0.4, -0.2) is 10.5 Å². The molecule has 1 atom stereocenters. The highest BCUT2D eigenvalue weighted by molar-refractivity contribution is 6.18. The van der Waals surface area contributed by atoms with Gasteiger partial charge in [0.15, 0.2) is 0 Å². The van der Waals surface area contributed by atoms with E-state index in [4.69, 9.17) is 5.73 Å². The van der Waals surface area contributed by atoms with Crippen molar-refractivity contribution < 1.29 is 4.79 Å². The number of rotatable bonds is 3. The molecule has 3 nitrogen and oxygen atoms in total. The first-order valence-corrected chi connectivity index (χ1v) is 8.46. The molecular formula is C22H20N2O. The Labute approximate surface area is 146 Å². The van der Waals surface area contributed by atoms with Crippen LogP contribution in [0.25, 0.3) is 21.8 Å². The minimum atomic E-state index is -0.389. The van der Waals surface area contributed by atoms with E-state index in [1.165, 1.54) is 5.56 Å². The number of aryl methyl sites for hydroxylation is 1. The third kappa shape index (κ3) is 2.31. The lowest BCUT2D eigenvalue weighted by molar-refractivity contribution is 0.100. The second-order valence-corrected chi connectivity index (χ2v) is 6.49. The molecule has 4 rings (SSSR count). The van der Waals surface area contributed by atoms with E-state index in [-0.39, 0.29) is 11.9 Å². The first kappa shape index (κ1) is 15.5. The third-order valence-electron chi connectivity index (χ3n) is 4.99. The molecule has 0 aliphatic carbocycles. The summed E-state index contributed by atoms with van der Waals surface area (Å²) in [5.74, 6) is -0.389. The van der Waals surface area contributed by atoms with Gasteiger partial charge in [-0.25, -0.2) is 0 Å². The van der Waals surface area contributed by atoms with Crippen LogP contribution >= 0.6 is 0 Å². The molecule has 0 radical (unpaired) electrons. The molecule has 3 heteroatoms. The number of para-hydroxylation sites is 1. The van der Waals surface area contributed by atoms with Gasteiger partial charge in [0.25, 0.3) is 0 Å². The van der Waals surface area contributed by atoms with E-state index in [1.807, 2.05) is 30.3 Å². The summed E-state index contributed by atoms with van der Waals surface area (Å²) in [5.41, 5.74) is 10.8. The molecule has 0 saturated heterocycles. The SMILES string of the molecule is Cc1ccc(C(N)=O)c2c3ccccc3n(C(C)c3ccccc3)c12. The Morgan fingerprint density at radius 1 is 0.960 bits per heavy atom. The van der Waals surface area contributed by atoms with Crippen LogP contribution in [0.5, 0.6) is 0 Å². The molecule has 0 saturated carbocycles. The maximum Gasteiger partial charge on any atom is 0.249 e. The Kier molecular flexibility index (Phi) is 3.57. The predicted octanol–water partition coefficient (Wildman–Crippen LogP) is 4.81. The van der Waals surface area contributed by atoms with Crippen molar-refractivity contribution in [1.82, 2.24) is 4.57 Å². The van der Waals surface area contributed by atoms with Crippen LogP contribution in [0, 0.1) is 6.92 Å². The second kappa shape index (κ2) is 5.78. The molecule has 3 aromatic carbocycles. The summed E-state index contributed by atoms with van der Waals surface area (Å²) in [5, 5.41) is 2.02. The second-order valence-electron chi connectivity index (χ2n) is 6.49. The summed E-state index contributed by atoms with van der Waals surface area (Å²) >= 11 is 0. The predicted molar refractivity (Wildman–Crippen MR) is 103 cm³/mol. The first-order chi connectivity index (χ1) is 12.1.